The van der Waals surface area contributed by atoms with Crippen molar-refractivity contribution in [2.45, 2.75) is 51.1 Å². The number of carbonyl (C=O) groups is 1. The minimum Gasteiger partial charge on any atom is -0.355 e. The molecule has 0 aromatic heterocycles. The molecule has 0 saturated heterocycles. The van der Waals surface area contributed by atoms with Crippen molar-refractivity contribution in [1.29, 1.82) is 0 Å². The number of rotatable bonds is 7. The maximum Gasteiger partial charge on any atom is 0.230 e. The van der Waals surface area contributed by atoms with Gasteiger partial charge in [-0.3, -0.25) is 4.79 Å². The summed E-state index contributed by atoms with van der Waals surface area (Å²) in [7, 11) is 0. The highest BCUT2D eigenvalue weighted by atomic mass is 32.2. The van der Waals surface area contributed by atoms with Crippen LogP contribution in [0, 0.1) is 0 Å². The van der Waals surface area contributed by atoms with Crippen LogP contribution < -0.4 is 10.6 Å². The van der Waals surface area contributed by atoms with Gasteiger partial charge in [0.05, 0.1) is 5.75 Å². The Bertz CT molecular complexity index is 427. The predicted molar refractivity (Wildman–Crippen MR) is 87.1 cm³/mol. The average molecular weight is 294 g/mol. The lowest BCUT2D eigenvalue weighted by Crippen LogP contribution is -2.35. The van der Waals surface area contributed by atoms with Crippen LogP contribution in [0.2, 0.25) is 0 Å². The molecule has 0 heterocycles. The molecule has 0 aliphatic heterocycles. The molecular formula is C16H26N2OS. The van der Waals surface area contributed by atoms with E-state index in [1.54, 1.807) is 11.8 Å². The van der Waals surface area contributed by atoms with Crippen LogP contribution in [-0.2, 0) is 11.3 Å². The molecule has 3 nitrogen and oxygen atoms in total. The molecule has 0 fully saturated rings. The van der Waals surface area contributed by atoms with E-state index in [4.69, 9.17) is 0 Å². The Hall–Kier alpha value is -1.00. The van der Waals surface area contributed by atoms with E-state index in [2.05, 4.69) is 56.5 Å². The number of hydrogen-bond donors (Lipinski definition) is 2. The molecule has 0 saturated carbocycles. The van der Waals surface area contributed by atoms with Gasteiger partial charge >= 0.3 is 0 Å². The van der Waals surface area contributed by atoms with Crippen LogP contribution in [0.5, 0.6) is 0 Å². The van der Waals surface area contributed by atoms with Gasteiger partial charge in [0.1, 0.15) is 0 Å². The van der Waals surface area contributed by atoms with Gasteiger partial charge in [-0.1, -0.05) is 19.1 Å². The SMILES string of the molecule is CCCNC(=O)CSc1cccc(CNC(C)(C)C)c1. The summed E-state index contributed by atoms with van der Waals surface area (Å²) in [6.45, 7) is 10.1. The summed E-state index contributed by atoms with van der Waals surface area (Å²) >= 11 is 1.59. The Morgan fingerprint density at radius 1 is 1.30 bits per heavy atom. The minimum absolute atomic E-state index is 0.107. The summed E-state index contributed by atoms with van der Waals surface area (Å²) in [4.78, 5) is 12.7. The van der Waals surface area contributed by atoms with Gasteiger partial charge in [0.25, 0.3) is 0 Å². The lowest BCUT2D eigenvalue weighted by Gasteiger charge is -2.20. The molecular weight excluding hydrogens is 268 g/mol. The van der Waals surface area contributed by atoms with Crippen LogP contribution in [0.1, 0.15) is 39.7 Å². The second-order valence-corrected chi connectivity index (χ2v) is 6.94. The molecule has 2 N–H and O–H groups in total. The standard InChI is InChI=1S/C16H26N2OS/c1-5-9-17-15(19)12-20-14-8-6-7-13(10-14)11-18-16(2,3)4/h6-8,10,18H,5,9,11-12H2,1-4H3,(H,17,19). The van der Waals surface area contributed by atoms with Gasteiger partial charge in [-0.2, -0.15) is 0 Å². The van der Waals surface area contributed by atoms with Gasteiger partial charge < -0.3 is 10.6 Å². The van der Waals surface area contributed by atoms with Crippen molar-refractivity contribution in [3.63, 3.8) is 0 Å². The molecule has 20 heavy (non-hydrogen) atoms. The monoisotopic (exact) mass is 294 g/mol. The molecule has 0 radical (unpaired) electrons. The number of thioether (sulfide) groups is 1. The third-order valence-corrected chi connectivity index (χ3v) is 3.66. The number of amides is 1. The Balaban J connectivity index is 2.45. The Morgan fingerprint density at radius 2 is 2.05 bits per heavy atom. The predicted octanol–water partition coefficient (Wildman–Crippen LogP) is 3.19. The van der Waals surface area contributed by atoms with E-state index in [0.29, 0.717) is 5.75 Å². The van der Waals surface area contributed by atoms with Crippen molar-refractivity contribution in [1.82, 2.24) is 10.6 Å². The molecule has 0 atom stereocenters. The van der Waals surface area contributed by atoms with Crippen molar-refractivity contribution in [2.75, 3.05) is 12.3 Å². The van der Waals surface area contributed by atoms with E-state index in [9.17, 15) is 4.79 Å². The van der Waals surface area contributed by atoms with Crippen LogP contribution in [0.3, 0.4) is 0 Å². The summed E-state index contributed by atoms with van der Waals surface area (Å²) in [5, 5.41) is 6.36. The molecule has 0 spiro atoms. The summed E-state index contributed by atoms with van der Waals surface area (Å²) in [5.41, 5.74) is 1.36. The first-order valence-electron chi connectivity index (χ1n) is 7.14. The van der Waals surface area contributed by atoms with Crippen LogP contribution in [0.15, 0.2) is 29.2 Å². The third kappa shape index (κ3) is 7.56. The largest absolute Gasteiger partial charge is 0.355 e. The number of carbonyl (C=O) groups excluding carboxylic acids is 1. The average Bonchev–Trinajstić information content (AvgIpc) is 2.40. The molecule has 112 valence electrons. The normalized spacial score (nSPS) is 11.4. The van der Waals surface area contributed by atoms with Crippen molar-refractivity contribution >= 4 is 17.7 Å². The fourth-order valence-electron chi connectivity index (χ4n) is 1.58. The van der Waals surface area contributed by atoms with Gasteiger partial charge in [-0.05, 0) is 44.9 Å². The summed E-state index contributed by atoms with van der Waals surface area (Å²) in [5.74, 6) is 0.589. The van der Waals surface area contributed by atoms with E-state index < -0.39 is 0 Å². The van der Waals surface area contributed by atoms with Gasteiger partial charge in [0.2, 0.25) is 5.91 Å². The van der Waals surface area contributed by atoms with Gasteiger partial charge in [-0.25, -0.2) is 0 Å². The second-order valence-electron chi connectivity index (χ2n) is 5.89. The minimum atomic E-state index is 0.107. The quantitative estimate of drug-likeness (QED) is 0.759. The fourth-order valence-corrected chi connectivity index (χ4v) is 2.39. The summed E-state index contributed by atoms with van der Waals surface area (Å²) in [6, 6.07) is 8.36. The summed E-state index contributed by atoms with van der Waals surface area (Å²) < 4.78 is 0. The van der Waals surface area contributed by atoms with Crippen molar-refractivity contribution < 1.29 is 4.79 Å². The Labute approximate surface area is 126 Å². The van der Waals surface area contributed by atoms with Crippen molar-refractivity contribution in [3.8, 4) is 0 Å². The van der Waals surface area contributed by atoms with E-state index in [0.717, 1.165) is 24.4 Å². The van der Waals surface area contributed by atoms with Crippen molar-refractivity contribution in [3.05, 3.63) is 29.8 Å². The molecule has 0 aliphatic carbocycles. The fraction of sp³-hybridized carbons (Fsp3) is 0.562. The lowest BCUT2D eigenvalue weighted by atomic mass is 10.1. The molecule has 0 unspecified atom stereocenters. The zero-order chi connectivity index (χ0) is 15.0. The number of benzene rings is 1. The smallest absolute Gasteiger partial charge is 0.230 e. The molecule has 1 aromatic rings. The highest BCUT2D eigenvalue weighted by Crippen LogP contribution is 2.19. The molecule has 1 rings (SSSR count). The molecule has 0 aliphatic rings. The zero-order valence-corrected chi connectivity index (χ0v) is 13.8. The zero-order valence-electron chi connectivity index (χ0n) is 13.0. The maximum atomic E-state index is 11.6. The highest BCUT2D eigenvalue weighted by Gasteiger charge is 2.08. The van der Waals surface area contributed by atoms with Gasteiger partial charge in [0.15, 0.2) is 0 Å². The van der Waals surface area contributed by atoms with Gasteiger partial charge in [0, 0.05) is 23.5 Å². The number of hydrogen-bond acceptors (Lipinski definition) is 3. The Kier molecular flexibility index (Phi) is 7.10. The van der Waals surface area contributed by atoms with Crippen molar-refractivity contribution in [2.24, 2.45) is 0 Å². The molecule has 1 amide bonds. The first-order valence-corrected chi connectivity index (χ1v) is 8.13. The highest BCUT2D eigenvalue weighted by molar-refractivity contribution is 8.00. The second kappa shape index (κ2) is 8.32. The van der Waals surface area contributed by atoms with E-state index >= 15 is 0 Å². The molecule has 0 bridgehead atoms. The van der Waals surface area contributed by atoms with E-state index in [1.165, 1.54) is 5.56 Å². The summed E-state index contributed by atoms with van der Waals surface area (Å²) in [6.07, 6.45) is 0.977. The third-order valence-electron chi connectivity index (χ3n) is 2.66. The van der Waals surface area contributed by atoms with E-state index in [-0.39, 0.29) is 11.4 Å². The van der Waals surface area contributed by atoms with Crippen LogP contribution >= 0.6 is 11.8 Å². The van der Waals surface area contributed by atoms with Crippen LogP contribution in [0.25, 0.3) is 0 Å². The van der Waals surface area contributed by atoms with Crippen LogP contribution in [-0.4, -0.2) is 23.7 Å². The maximum absolute atomic E-state index is 11.6. The molecule has 4 heteroatoms. The van der Waals surface area contributed by atoms with Crippen LogP contribution in [0.4, 0.5) is 0 Å². The van der Waals surface area contributed by atoms with E-state index in [1.807, 2.05) is 6.07 Å². The number of nitrogens with one attached hydrogen (secondary N) is 2. The topological polar surface area (TPSA) is 41.1 Å². The Morgan fingerprint density at radius 3 is 2.70 bits per heavy atom. The van der Waals surface area contributed by atoms with Gasteiger partial charge in [-0.15, -0.1) is 11.8 Å². The first kappa shape index (κ1) is 17.1. The first-order chi connectivity index (χ1) is 9.40. The lowest BCUT2D eigenvalue weighted by molar-refractivity contribution is -0.118. The molecule has 1 aromatic carbocycles.